The SMILES string of the molecule is CCOc1ccc(NC(=O)c2oc3ccccc3c2CSc2nnc(C)s2)cc1F. The van der Waals surface area contributed by atoms with E-state index in [1.807, 2.05) is 31.2 Å². The third-order valence-electron chi connectivity index (χ3n) is 4.24. The third-order valence-corrected chi connectivity index (χ3v) is 6.24. The monoisotopic (exact) mass is 443 g/mol. The number of hydrogen-bond donors (Lipinski definition) is 1. The highest BCUT2D eigenvalue weighted by Crippen LogP contribution is 2.33. The first-order valence-corrected chi connectivity index (χ1v) is 11.0. The standard InChI is InChI=1S/C21H18FN3O3S2/c1-3-27-18-9-8-13(10-16(18)22)23-20(26)19-15(11-29-21-25-24-12(2)30-21)14-6-4-5-7-17(14)28-19/h4-10H,3,11H2,1-2H3,(H,23,26). The van der Waals surface area contributed by atoms with Crippen molar-refractivity contribution in [2.45, 2.75) is 23.9 Å². The van der Waals surface area contributed by atoms with Gasteiger partial charge >= 0.3 is 0 Å². The second-order valence-corrected chi connectivity index (χ2v) is 8.72. The van der Waals surface area contributed by atoms with E-state index in [4.69, 9.17) is 9.15 Å². The molecule has 30 heavy (non-hydrogen) atoms. The second-order valence-electron chi connectivity index (χ2n) is 6.31. The van der Waals surface area contributed by atoms with Gasteiger partial charge in [-0.15, -0.1) is 10.2 Å². The third kappa shape index (κ3) is 4.31. The van der Waals surface area contributed by atoms with Crippen molar-refractivity contribution < 1.29 is 18.3 Å². The Hall–Kier alpha value is -2.91. The molecule has 0 radical (unpaired) electrons. The van der Waals surface area contributed by atoms with E-state index in [0.29, 0.717) is 23.6 Å². The quantitative estimate of drug-likeness (QED) is 0.371. The molecule has 1 amide bonds. The van der Waals surface area contributed by atoms with Crippen molar-refractivity contribution in [3.8, 4) is 5.75 Å². The van der Waals surface area contributed by atoms with Gasteiger partial charge in [0.1, 0.15) is 10.6 Å². The van der Waals surface area contributed by atoms with Crippen LogP contribution >= 0.6 is 23.1 Å². The highest BCUT2D eigenvalue weighted by molar-refractivity contribution is 8.00. The number of para-hydroxylation sites is 1. The van der Waals surface area contributed by atoms with Crippen LogP contribution in [0.15, 0.2) is 51.2 Å². The summed E-state index contributed by atoms with van der Waals surface area (Å²) in [5, 5.41) is 12.6. The molecule has 2 aromatic carbocycles. The average molecular weight is 444 g/mol. The molecule has 0 bridgehead atoms. The zero-order chi connectivity index (χ0) is 21.1. The van der Waals surface area contributed by atoms with Gasteiger partial charge < -0.3 is 14.5 Å². The Morgan fingerprint density at radius 3 is 2.83 bits per heavy atom. The first-order valence-electron chi connectivity index (χ1n) is 9.22. The predicted molar refractivity (Wildman–Crippen MR) is 116 cm³/mol. The fourth-order valence-electron chi connectivity index (χ4n) is 2.94. The van der Waals surface area contributed by atoms with Gasteiger partial charge in [-0.25, -0.2) is 4.39 Å². The zero-order valence-corrected chi connectivity index (χ0v) is 17.9. The smallest absolute Gasteiger partial charge is 0.291 e. The molecule has 2 aromatic heterocycles. The lowest BCUT2D eigenvalue weighted by molar-refractivity contribution is 0.0998. The minimum Gasteiger partial charge on any atom is -0.491 e. The number of nitrogens with one attached hydrogen (secondary N) is 1. The summed E-state index contributed by atoms with van der Waals surface area (Å²) in [4.78, 5) is 12.9. The van der Waals surface area contributed by atoms with E-state index in [2.05, 4.69) is 15.5 Å². The number of carbonyl (C=O) groups excluding carboxylic acids is 1. The highest BCUT2D eigenvalue weighted by Gasteiger charge is 2.21. The van der Waals surface area contributed by atoms with E-state index >= 15 is 0 Å². The second kappa shape index (κ2) is 8.85. The molecule has 154 valence electrons. The molecule has 4 aromatic rings. The summed E-state index contributed by atoms with van der Waals surface area (Å²) in [7, 11) is 0. The van der Waals surface area contributed by atoms with E-state index < -0.39 is 11.7 Å². The number of fused-ring (bicyclic) bond motifs is 1. The van der Waals surface area contributed by atoms with Crippen LogP contribution in [0, 0.1) is 12.7 Å². The van der Waals surface area contributed by atoms with Gasteiger partial charge in [0, 0.05) is 28.5 Å². The van der Waals surface area contributed by atoms with E-state index in [1.54, 1.807) is 13.0 Å². The van der Waals surface area contributed by atoms with Crippen LogP contribution in [0.5, 0.6) is 5.75 Å². The van der Waals surface area contributed by atoms with E-state index in [-0.39, 0.29) is 11.5 Å². The summed E-state index contributed by atoms with van der Waals surface area (Å²) in [5.41, 5.74) is 1.69. The Balaban J connectivity index is 1.60. The molecule has 0 saturated heterocycles. The molecule has 0 aliphatic heterocycles. The maximum absolute atomic E-state index is 14.1. The normalized spacial score (nSPS) is 11.0. The molecule has 6 nitrogen and oxygen atoms in total. The van der Waals surface area contributed by atoms with Crippen LogP contribution in [0.3, 0.4) is 0 Å². The Morgan fingerprint density at radius 2 is 2.10 bits per heavy atom. The minimum absolute atomic E-state index is 0.142. The maximum Gasteiger partial charge on any atom is 0.291 e. The Kier molecular flexibility index (Phi) is 6.01. The number of hydrogen-bond acceptors (Lipinski definition) is 7. The number of benzene rings is 2. The molecule has 0 aliphatic rings. The summed E-state index contributed by atoms with van der Waals surface area (Å²) < 4.78 is 26.0. The van der Waals surface area contributed by atoms with Crippen LogP contribution in [0.25, 0.3) is 11.0 Å². The van der Waals surface area contributed by atoms with Crippen molar-refractivity contribution in [1.82, 2.24) is 10.2 Å². The topological polar surface area (TPSA) is 77.2 Å². The number of rotatable bonds is 7. The number of amides is 1. The van der Waals surface area contributed by atoms with Crippen molar-refractivity contribution in [1.29, 1.82) is 0 Å². The predicted octanol–water partition coefficient (Wildman–Crippen LogP) is 5.68. The number of carbonyl (C=O) groups is 1. The largest absolute Gasteiger partial charge is 0.491 e. The lowest BCUT2D eigenvalue weighted by Crippen LogP contribution is -2.13. The molecule has 1 N–H and O–H groups in total. The summed E-state index contributed by atoms with van der Waals surface area (Å²) >= 11 is 2.98. The van der Waals surface area contributed by atoms with E-state index in [9.17, 15) is 9.18 Å². The summed E-state index contributed by atoms with van der Waals surface area (Å²) in [6.45, 7) is 4.03. The van der Waals surface area contributed by atoms with E-state index in [0.717, 1.165) is 20.3 Å². The minimum atomic E-state index is -0.540. The molecule has 0 unspecified atom stereocenters. The fourth-order valence-corrected chi connectivity index (χ4v) is 4.78. The molecular formula is C21H18FN3O3S2. The number of aromatic nitrogens is 2. The van der Waals surface area contributed by atoms with Crippen molar-refractivity contribution in [3.05, 3.63) is 64.6 Å². The van der Waals surface area contributed by atoms with Crippen LogP contribution in [-0.4, -0.2) is 22.7 Å². The van der Waals surface area contributed by atoms with Crippen LogP contribution in [-0.2, 0) is 5.75 Å². The van der Waals surface area contributed by atoms with E-state index in [1.165, 1.54) is 35.2 Å². The summed E-state index contributed by atoms with van der Waals surface area (Å²) in [6.07, 6.45) is 0. The van der Waals surface area contributed by atoms with Gasteiger partial charge in [-0.1, -0.05) is 41.3 Å². The van der Waals surface area contributed by atoms with Gasteiger partial charge in [0.15, 0.2) is 21.7 Å². The van der Waals surface area contributed by atoms with Gasteiger partial charge in [-0.2, -0.15) is 0 Å². The van der Waals surface area contributed by atoms with Crippen LogP contribution in [0.2, 0.25) is 0 Å². The van der Waals surface area contributed by atoms with Crippen molar-refractivity contribution in [3.63, 3.8) is 0 Å². The van der Waals surface area contributed by atoms with Gasteiger partial charge in [0.05, 0.1) is 6.61 Å². The Bertz CT molecular complexity index is 1210. The van der Waals surface area contributed by atoms with Gasteiger partial charge in [-0.05, 0) is 32.0 Å². The zero-order valence-electron chi connectivity index (χ0n) is 16.3. The number of halogens is 1. The van der Waals surface area contributed by atoms with Crippen molar-refractivity contribution >= 4 is 45.7 Å². The maximum atomic E-state index is 14.1. The summed E-state index contributed by atoms with van der Waals surface area (Å²) in [5.74, 6) is -0.158. The molecule has 0 spiro atoms. The lowest BCUT2D eigenvalue weighted by atomic mass is 10.1. The van der Waals surface area contributed by atoms with Gasteiger partial charge in [0.2, 0.25) is 0 Å². The first kappa shape index (κ1) is 20.4. The molecule has 0 fully saturated rings. The molecule has 9 heteroatoms. The molecule has 2 heterocycles. The number of aryl methyl sites for hydroxylation is 1. The number of thioether (sulfide) groups is 1. The van der Waals surface area contributed by atoms with Crippen LogP contribution < -0.4 is 10.1 Å². The number of anilines is 1. The molecule has 0 atom stereocenters. The Morgan fingerprint density at radius 1 is 1.27 bits per heavy atom. The first-order chi connectivity index (χ1) is 14.5. The number of furan rings is 1. The molecule has 4 rings (SSSR count). The highest BCUT2D eigenvalue weighted by atomic mass is 32.2. The lowest BCUT2D eigenvalue weighted by Gasteiger charge is -2.08. The number of nitrogens with zero attached hydrogens (tertiary/aromatic N) is 2. The van der Waals surface area contributed by atoms with Crippen LogP contribution in [0.4, 0.5) is 10.1 Å². The summed E-state index contributed by atoms with van der Waals surface area (Å²) in [6, 6.07) is 11.8. The van der Waals surface area contributed by atoms with Crippen LogP contribution in [0.1, 0.15) is 28.0 Å². The average Bonchev–Trinajstić information content (AvgIpc) is 3.32. The van der Waals surface area contributed by atoms with Gasteiger partial charge in [-0.3, -0.25) is 4.79 Å². The number of ether oxygens (including phenoxy) is 1. The Labute approximate surface area is 180 Å². The molecule has 0 saturated carbocycles. The fraction of sp³-hybridized carbons (Fsp3) is 0.190. The van der Waals surface area contributed by atoms with Crippen molar-refractivity contribution in [2.75, 3.05) is 11.9 Å². The molecule has 0 aliphatic carbocycles. The van der Waals surface area contributed by atoms with Gasteiger partial charge in [0.25, 0.3) is 5.91 Å². The molecular weight excluding hydrogens is 425 g/mol. The van der Waals surface area contributed by atoms with Crippen molar-refractivity contribution in [2.24, 2.45) is 0 Å².